The van der Waals surface area contributed by atoms with Gasteiger partial charge in [0.1, 0.15) is 11.6 Å². The normalized spacial score (nSPS) is 16.5. The van der Waals surface area contributed by atoms with Crippen LogP contribution in [-0.2, 0) is 11.2 Å². The lowest BCUT2D eigenvalue weighted by atomic mass is 9.93. The summed E-state index contributed by atoms with van der Waals surface area (Å²) in [5, 5.41) is 2.91. The van der Waals surface area contributed by atoms with Gasteiger partial charge in [-0.1, -0.05) is 36.4 Å². The fourth-order valence-corrected chi connectivity index (χ4v) is 2.74. The molecule has 3 rings (SSSR count). The number of para-hydroxylation sites is 1. The van der Waals surface area contributed by atoms with Gasteiger partial charge in [0.25, 0.3) is 0 Å². The predicted octanol–water partition coefficient (Wildman–Crippen LogP) is 3.05. The van der Waals surface area contributed by atoms with Crippen LogP contribution in [0.2, 0.25) is 0 Å². The molecule has 4 heteroatoms. The molecule has 1 aliphatic rings. The summed E-state index contributed by atoms with van der Waals surface area (Å²) in [7, 11) is 0. The molecular formula is C18H18FNO2. The molecule has 22 heavy (non-hydrogen) atoms. The Hall–Kier alpha value is -2.36. The van der Waals surface area contributed by atoms with Crippen LogP contribution in [0.5, 0.6) is 5.75 Å². The summed E-state index contributed by atoms with van der Waals surface area (Å²) >= 11 is 0. The second kappa shape index (κ2) is 6.60. The third kappa shape index (κ3) is 3.27. The molecule has 1 amide bonds. The van der Waals surface area contributed by atoms with Crippen LogP contribution < -0.4 is 10.1 Å². The SMILES string of the molecule is O=C(Cc1ccccc1F)NCC1CCOc2ccccc21. The smallest absolute Gasteiger partial charge is 0.224 e. The molecule has 0 fully saturated rings. The van der Waals surface area contributed by atoms with Crippen molar-refractivity contribution in [1.82, 2.24) is 5.32 Å². The van der Waals surface area contributed by atoms with Crippen LogP contribution in [0.1, 0.15) is 23.5 Å². The van der Waals surface area contributed by atoms with Crippen LogP contribution in [0.3, 0.4) is 0 Å². The number of fused-ring (bicyclic) bond motifs is 1. The maximum atomic E-state index is 13.5. The molecule has 0 aromatic heterocycles. The fraction of sp³-hybridized carbons (Fsp3) is 0.278. The topological polar surface area (TPSA) is 38.3 Å². The van der Waals surface area contributed by atoms with Crippen LogP contribution in [0.4, 0.5) is 4.39 Å². The van der Waals surface area contributed by atoms with E-state index in [1.165, 1.54) is 6.07 Å². The number of hydrogen-bond acceptors (Lipinski definition) is 2. The van der Waals surface area contributed by atoms with E-state index in [9.17, 15) is 9.18 Å². The zero-order chi connectivity index (χ0) is 15.4. The van der Waals surface area contributed by atoms with Crippen LogP contribution in [-0.4, -0.2) is 19.1 Å². The summed E-state index contributed by atoms with van der Waals surface area (Å²) in [6, 6.07) is 14.3. The van der Waals surface area contributed by atoms with Crippen molar-refractivity contribution >= 4 is 5.91 Å². The monoisotopic (exact) mass is 299 g/mol. The second-order valence-corrected chi connectivity index (χ2v) is 5.44. The first kappa shape index (κ1) is 14.6. The Labute approximate surface area is 129 Å². The van der Waals surface area contributed by atoms with Crippen LogP contribution in [0, 0.1) is 5.82 Å². The minimum absolute atomic E-state index is 0.0670. The first-order valence-electron chi connectivity index (χ1n) is 7.46. The number of halogens is 1. The van der Waals surface area contributed by atoms with Gasteiger partial charge < -0.3 is 10.1 Å². The van der Waals surface area contributed by atoms with Crippen molar-refractivity contribution in [2.24, 2.45) is 0 Å². The molecular weight excluding hydrogens is 281 g/mol. The van der Waals surface area contributed by atoms with Crippen LogP contribution >= 0.6 is 0 Å². The molecule has 2 aromatic carbocycles. The van der Waals surface area contributed by atoms with Crippen molar-refractivity contribution in [3.63, 3.8) is 0 Å². The molecule has 114 valence electrons. The molecule has 1 aliphatic heterocycles. The number of rotatable bonds is 4. The van der Waals surface area contributed by atoms with E-state index in [4.69, 9.17) is 4.74 Å². The van der Waals surface area contributed by atoms with Crippen molar-refractivity contribution < 1.29 is 13.9 Å². The second-order valence-electron chi connectivity index (χ2n) is 5.44. The minimum atomic E-state index is -0.339. The van der Waals surface area contributed by atoms with Crippen molar-refractivity contribution in [1.29, 1.82) is 0 Å². The Morgan fingerprint density at radius 1 is 1.18 bits per heavy atom. The lowest BCUT2D eigenvalue weighted by Crippen LogP contribution is -2.31. The number of ether oxygens (including phenoxy) is 1. The number of amides is 1. The van der Waals surface area contributed by atoms with Gasteiger partial charge in [-0.3, -0.25) is 4.79 Å². The first-order valence-corrected chi connectivity index (χ1v) is 7.46. The summed E-state index contributed by atoms with van der Waals surface area (Å²) in [4.78, 5) is 12.0. The quantitative estimate of drug-likeness (QED) is 0.942. The van der Waals surface area contributed by atoms with E-state index in [-0.39, 0.29) is 24.1 Å². The maximum Gasteiger partial charge on any atom is 0.224 e. The Balaban J connectivity index is 1.59. The average Bonchev–Trinajstić information content (AvgIpc) is 2.55. The molecule has 1 unspecified atom stereocenters. The van der Waals surface area contributed by atoms with Gasteiger partial charge >= 0.3 is 0 Å². The van der Waals surface area contributed by atoms with Gasteiger partial charge in [0, 0.05) is 12.5 Å². The van der Waals surface area contributed by atoms with E-state index >= 15 is 0 Å². The third-order valence-electron chi connectivity index (χ3n) is 3.94. The van der Waals surface area contributed by atoms with Gasteiger partial charge in [0.05, 0.1) is 13.0 Å². The first-order chi connectivity index (χ1) is 10.7. The Kier molecular flexibility index (Phi) is 4.37. The molecule has 3 nitrogen and oxygen atoms in total. The summed E-state index contributed by atoms with van der Waals surface area (Å²) in [6.45, 7) is 1.21. The molecule has 0 saturated carbocycles. The Morgan fingerprint density at radius 2 is 1.95 bits per heavy atom. The molecule has 0 aliphatic carbocycles. The molecule has 1 atom stereocenters. The zero-order valence-electron chi connectivity index (χ0n) is 12.2. The van der Waals surface area contributed by atoms with Gasteiger partial charge in [0.15, 0.2) is 0 Å². The van der Waals surface area contributed by atoms with E-state index < -0.39 is 0 Å². The van der Waals surface area contributed by atoms with Gasteiger partial charge in [-0.25, -0.2) is 4.39 Å². The number of benzene rings is 2. The maximum absolute atomic E-state index is 13.5. The van der Waals surface area contributed by atoms with E-state index in [1.807, 2.05) is 24.3 Å². The lowest BCUT2D eigenvalue weighted by Gasteiger charge is -2.26. The number of carbonyl (C=O) groups excluding carboxylic acids is 1. The summed E-state index contributed by atoms with van der Waals surface area (Å²) in [6.07, 6.45) is 0.939. The number of nitrogens with one attached hydrogen (secondary N) is 1. The zero-order valence-corrected chi connectivity index (χ0v) is 12.2. The Bertz CT molecular complexity index is 672. The van der Waals surface area contributed by atoms with Crippen molar-refractivity contribution in [3.8, 4) is 5.75 Å². The standard InChI is InChI=1S/C18H18FNO2/c19-16-7-3-1-5-13(16)11-18(21)20-12-14-9-10-22-17-8-4-2-6-15(14)17/h1-8,14H,9-12H2,(H,20,21). The van der Waals surface area contributed by atoms with Crippen molar-refractivity contribution in [2.75, 3.05) is 13.2 Å². The van der Waals surface area contributed by atoms with E-state index in [0.29, 0.717) is 18.7 Å². The lowest BCUT2D eigenvalue weighted by molar-refractivity contribution is -0.120. The molecule has 0 bridgehead atoms. The van der Waals surface area contributed by atoms with E-state index in [1.54, 1.807) is 18.2 Å². The van der Waals surface area contributed by atoms with Gasteiger partial charge in [0.2, 0.25) is 5.91 Å². The highest BCUT2D eigenvalue weighted by Crippen LogP contribution is 2.32. The van der Waals surface area contributed by atoms with E-state index in [0.717, 1.165) is 17.7 Å². The van der Waals surface area contributed by atoms with Gasteiger partial charge in [-0.2, -0.15) is 0 Å². The summed E-state index contributed by atoms with van der Waals surface area (Å²) in [5.74, 6) is 0.639. The van der Waals surface area contributed by atoms with Crippen molar-refractivity contribution in [3.05, 3.63) is 65.5 Å². The fourth-order valence-electron chi connectivity index (χ4n) is 2.74. The average molecular weight is 299 g/mol. The van der Waals surface area contributed by atoms with Crippen LogP contribution in [0.15, 0.2) is 48.5 Å². The van der Waals surface area contributed by atoms with Crippen molar-refractivity contribution in [2.45, 2.75) is 18.8 Å². The minimum Gasteiger partial charge on any atom is -0.493 e. The highest BCUT2D eigenvalue weighted by Gasteiger charge is 2.21. The number of hydrogen-bond donors (Lipinski definition) is 1. The molecule has 1 heterocycles. The van der Waals surface area contributed by atoms with E-state index in [2.05, 4.69) is 5.32 Å². The molecule has 1 N–H and O–H groups in total. The van der Waals surface area contributed by atoms with Crippen LogP contribution in [0.25, 0.3) is 0 Å². The summed E-state index contributed by atoms with van der Waals surface area (Å²) in [5.41, 5.74) is 1.55. The molecule has 2 aromatic rings. The molecule has 0 spiro atoms. The predicted molar refractivity (Wildman–Crippen MR) is 82.4 cm³/mol. The summed E-state index contributed by atoms with van der Waals surface area (Å²) < 4.78 is 19.2. The van der Waals surface area contributed by atoms with Gasteiger partial charge in [-0.05, 0) is 29.7 Å². The number of carbonyl (C=O) groups is 1. The third-order valence-corrected chi connectivity index (χ3v) is 3.94. The Morgan fingerprint density at radius 3 is 2.82 bits per heavy atom. The highest BCUT2D eigenvalue weighted by molar-refractivity contribution is 5.78. The van der Waals surface area contributed by atoms with Gasteiger partial charge in [-0.15, -0.1) is 0 Å². The molecule has 0 radical (unpaired) electrons. The largest absolute Gasteiger partial charge is 0.493 e. The highest BCUT2D eigenvalue weighted by atomic mass is 19.1. The molecule has 0 saturated heterocycles.